The van der Waals surface area contributed by atoms with E-state index >= 15 is 0 Å². The van der Waals surface area contributed by atoms with Crippen molar-refractivity contribution in [3.05, 3.63) is 59.2 Å². The van der Waals surface area contributed by atoms with Crippen LogP contribution in [0.5, 0.6) is 5.75 Å². The van der Waals surface area contributed by atoms with Crippen LogP contribution in [0.4, 0.5) is 5.69 Å². The highest BCUT2D eigenvalue weighted by molar-refractivity contribution is 5.94. The minimum Gasteiger partial charge on any atom is -0.481 e. The molecule has 3 heteroatoms. The van der Waals surface area contributed by atoms with Crippen molar-refractivity contribution in [3.63, 3.8) is 0 Å². The number of hydrogen-bond acceptors (Lipinski definition) is 2. The molecule has 0 spiro atoms. The molecule has 0 bridgehead atoms. The fourth-order valence-electron chi connectivity index (χ4n) is 2.04. The minimum atomic E-state index is -0.550. The van der Waals surface area contributed by atoms with Crippen LogP contribution in [0, 0.1) is 20.8 Å². The molecule has 0 aliphatic heterocycles. The summed E-state index contributed by atoms with van der Waals surface area (Å²) in [7, 11) is 0. The van der Waals surface area contributed by atoms with Crippen LogP contribution >= 0.6 is 0 Å². The van der Waals surface area contributed by atoms with Crippen molar-refractivity contribution >= 4 is 11.6 Å². The van der Waals surface area contributed by atoms with E-state index in [9.17, 15) is 4.79 Å². The fourth-order valence-corrected chi connectivity index (χ4v) is 2.04. The molecule has 1 atom stereocenters. The summed E-state index contributed by atoms with van der Waals surface area (Å²) in [5.74, 6) is 0.591. The van der Waals surface area contributed by atoms with Gasteiger partial charge in [0.05, 0.1) is 0 Å². The van der Waals surface area contributed by atoms with E-state index in [4.69, 9.17) is 4.74 Å². The number of para-hydroxylation sites is 1. The molecule has 0 saturated heterocycles. The zero-order chi connectivity index (χ0) is 15.4. The van der Waals surface area contributed by atoms with E-state index in [1.165, 1.54) is 0 Å². The van der Waals surface area contributed by atoms with Gasteiger partial charge in [-0.1, -0.05) is 30.3 Å². The van der Waals surface area contributed by atoms with Gasteiger partial charge >= 0.3 is 0 Å². The third kappa shape index (κ3) is 3.85. The van der Waals surface area contributed by atoms with E-state index in [1.54, 1.807) is 6.92 Å². The minimum absolute atomic E-state index is 0.146. The molecule has 0 fully saturated rings. The second kappa shape index (κ2) is 6.44. The van der Waals surface area contributed by atoms with E-state index in [0.717, 1.165) is 28.1 Å². The van der Waals surface area contributed by atoms with Gasteiger partial charge in [0.1, 0.15) is 5.75 Å². The Morgan fingerprint density at radius 2 is 1.76 bits per heavy atom. The van der Waals surface area contributed by atoms with Gasteiger partial charge in [-0.15, -0.1) is 0 Å². The van der Waals surface area contributed by atoms with Crippen LogP contribution in [0.3, 0.4) is 0 Å². The highest BCUT2D eigenvalue weighted by Crippen LogP contribution is 2.20. The molecule has 0 heterocycles. The Morgan fingerprint density at radius 3 is 2.48 bits per heavy atom. The second-order valence-corrected chi connectivity index (χ2v) is 5.33. The lowest BCUT2D eigenvalue weighted by Crippen LogP contribution is -2.30. The van der Waals surface area contributed by atoms with Crippen molar-refractivity contribution in [3.8, 4) is 5.75 Å². The lowest BCUT2D eigenvalue weighted by atomic mass is 10.1. The maximum Gasteiger partial charge on any atom is 0.265 e. The molecule has 1 amide bonds. The first-order chi connectivity index (χ1) is 9.97. The van der Waals surface area contributed by atoms with Crippen LogP contribution < -0.4 is 10.1 Å². The zero-order valence-corrected chi connectivity index (χ0v) is 12.9. The van der Waals surface area contributed by atoms with Crippen molar-refractivity contribution in [1.82, 2.24) is 0 Å². The summed E-state index contributed by atoms with van der Waals surface area (Å²) in [4.78, 5) is 12.3. The number of carbonyl (C=O) groups is 1. The van der Waals surface area contributed by atoms with Gasteiger partial charge < -0.3 is 10.1 Å². The molecule has 2 aromatic rings. The molecule has 0 radical (unpaired) electrons. The number of amides is 1. The molecule has 0 unspecified atom stereocenters. The smallest absolute Gasteiger partial charge is 0.265 e. The van der Waals surface area contributed by atoms with Crippen molar-refractivity contribution in [2.75, 3.05) is 5.32 Å². The summed E-state index contributed by atoms with van der Waals surface area (Å²) in [5, 5.41) is 2.93. The highest BCUT2D eigenvalue weighted by atomic mass is 16.5. The fraction of sp³-hybridized carbons (Fsp3) is 0.278. The molecule has 1 N–H and O–H groups in total. The Balaban J connectivity index is 2.06. The Bertz CT molecular complexity index is 649. The van der Waals surface area contributed by atoms with Crippen LogP contribution in [-0.2, 0) is 4.79 Å². The summed E-state index contributed by atoms with van der Waals surface area (Å²) >= 11 is 0. The van der Waals surface area contributed by atoms with E-state index in [2.05, 4.69) is 5.32 Å². The van der Waals surface area contributed by atoms with Crippen molar-refractivity contribution in [1.29, 1.82) is 0 Å². The normalized spacial score (nSPS) is 11.8. The summed E-state index contributed by atoms with van der Waals surface area (Å²) < 4.78 is 5.74. The molecule has 0 aromatic heterocycles. The topological polar surface area (TPSA) is 38.3 Å². The summed E-state index contributed by atoms with van der Waals surface area (Å²) in [5.41, 5.74) is 4.00. The maximum absolute atomic E-state index is 12.3. The van der Waals surface area contributed by atoms with Crippen molar-refractivity contribution in [2.24, 2.45) is 0 Å². The van der Waals surface area contributed by atoms with Gasteiger partial charge in [0.15, 0.2) is 6.10 Å². The van der Waals surface area contributed by atoms with Gasteiger partial charge in [-0.3, -0.25) is 4.79 Å². The van der Waals surface area contributed by atoms with Gasteiger partial charge in [-0.25, -0.2) is 0 Å². The van der Waals surface area contributed by atoms with E-state index in [1.807, 2.05) is 63.2 Å². The molecular formula is C18H21NO2. The molecule has 0 aliphatic carbocycles. The number of aryl methyl sites for hydroxylation is 3. The zero-order valence-electron chi connectivity index (χ0n) is 12.9. The number of benzene rings is 2. The Labute approximate surface area is 126 Å². The summed E-state index contributed by atoms with van der Waals surface area (Å²) in [6.07, 6.45) is -0.550. The van der Waals surface area contributed by atoms with Gasteiger partial charge in [0.2, 0.25) is 0 Å². The third-order valence-corrected chi connectivity index (χ3v) is 3.42. The van der Waals surface area contributed by atoms with Gasteiger partial charge in [-0.2, -0.15) is 0 Å². The maximum atomic E-state index is 12.3. The van der Waals surface area contributed by atoms with E-state index < -0.39 is 6.10 Å². The lowest BCUT2D eigenvalue weighted by molar-refractivity contribution is -0.122. The Kier molecular flexibility index (Phi) is 4.63. The molecular weight excluding hydrogens is 262 g/mol. The van der Waals surface area contributed by atoms with Crippen LogP contribution in [0.15, 0.2) is 42.5 Å². The largest absolute Gasteiger partial charge is 0.481 e. The van der Waals surface area contributed by atoms with Gasteiger partial charge in [0.25, 0.3) is 5.91 Å². The third-order valence-electron chi connectivity index (χ3n) is 3.42. The Morgan fingerprint density at radius 1 is 1.05 bits per heavy atom. The molecule has 110 valence electrons. The highest BCUT2D eigenvalue weighted by Gasteiger charge is 2.16. The number of rotatable bonds is 4. The first-order valence-electron chi connectivity index (χ1n) is 7.08. The number of ether oxygens (including phenoxy) is 1. The number of carbonyl (C=O) groups excluding carboxylic acids is 1. The predicted molar refractivity (Wildman–Crippen MR) is 85.8 cm³/mol. The quantitative estimate of drug-likeness (QED) is 0.920. The van der Waals surface area contributed by atoms with Crippen LogP contribution in [0.2, 0.25) is 0 Å². The predicted octanol–water partition coefficient (Wildman–Crippen LogP) is 4.02. The summed E-state index contributed by atoms with van der Waals surface area (Å²) in [6, 6.07) is 13.7. The molecule has 21 heavy (non-hydrogen) atoms. The summed E-state index contributed by atoms with van der Waals surface area (Å²) in [6.45, 7) is 7.70. The molecule has 0 aliphatic rings. The molecule has 3 nitrogen and oxygen atoms in total. The van der Waals surface area contributed by atoms with Crippen molar-refractivity contribution in [2.45, 2.75) is 33.8 Å². The molecule has 2 aromatic carbocycles. The van der Waals surface area contributed by atoms with Crippen LogP contribution in [0.1, 0.15) is 23.6 Å². The SMILES string of the molecule is Cc1ccc(C)c(NC(=O)[C@H](C)Oc2ccccc2C)c1. The number of nitrogens with one attached hydrogen (secondary N) is 1. The van der Waals surface area contributed by atoms with Gasteiger partial charge in [-0.05, 0) is 56.5 Å². The monoisotopic (exact) mass is 283 g/mol. The lowest BCUT2D eigenvalue weighted by Gasteiger charge is -2.17. The van der Waals surface area contributed by atoms with E-state index in [0.29, 0.717) is 0 Å². The average molecular weight is 283 g/mol. The van der Waals surface area contributed by atoms with E-state index in [-0.39, 0.29) is 5.91 Å². The first-order valence-corrected chi connectivity index (χ1v) is 7.08. The standard InChI is InChI=1S/C18H21NO2/c1-12-9-10-13(2)16(11-12)19-18(20)15(4)21-17-8-6-5-7-14(17)3/h5-11,15H,1-4H3,(H,19,20)/t15-/m0/s1. The van der Waals surface area contributed by atoms with Crippen molar-refractivity contribution < 1.29 is 9.53 Å². The molecule has 2 rings (SSSR count). The number of hydrogen-bond donors (Lipinski definition) is 1. The van der Waals surface area contributed by atoms with Gasteiger partial charge in [0, 0.05) is 5.69 Å². The first kappa shape index (κ1) is 15.1. The number of anilines is 1. The Hall–Kier alpha value is -2.29. The second-order valence-electron chi connectivity index (χ2n) is 5.33. The van der Waals surface area contributed by atoms with Crippen LogP contribution in [0.25, 0.3) is 0 Å². The van der Waals surface area contributed by atoms with Crippen LogP contribution in [-0.4, -0.2) is 12.0 Å². The average Bonchev–Trinajstić information content (AvgIpc) is 2.45. The molecule has 0 saturated carbocycles.